The average molecular weight is 299 g/mol. The van der Waals surface area contributed by atoms with Crippen molar-refractivity contribution in [3.8, 4) is 5.75 Å². The van der Waals surface area contributed by atoms with Crippen molar-refractivity contribution in [1.29, 1.82) is 0 Å². The van der Waals surface area contributed by atoms with Crippen molar-refractivity contribution in [2.24, 2.45) is 5.92 Å². The first-order chi connectivity index (χ1) is 10.7. The van der Waals surface area contributed by atoms with Crippen LogP contribution >= 0.6 is 0 Å². The molecule has 5 nitrogen and oxygen atoms in total. The van der Waals surface area contributed by atoms with Gasteiger partial charge in [-0.1, -0.05) is 6.07 Å². The molecule has 2 heterocycles. The fourth-order valence-electron chi connectivity index (χ4n) is 2.94. The Hall–Kier alpha value is -2.30. The molecule has 1 unspecified atom stereocenters. The van der Waals surface area contributed by atoms with Crippen molar-refractivity contribution in [2.45, 2.75) is 31.6 Å². The Balaban J connectivity index is 1.70. The number of rotatable bonds is 4. The smallest absolute Gasteiger partial charge is 0.234 e. The molecule has 2 fully saturated rings. The highest BCUT2D eigenvalue weighted by molar-refractivity contribution is 6.03. The van der Waals surface area contributed by atoms with Gasteiger partial charge < -0.3 is 9.15 Å². The number of carbonyl (C=O) groups is 2. The van der Waals surface area contributed by atoms with Crippen LogP contribution in [0, 0.1) is 5.92 Å². The molecule has 2 aliphatic rings. The van der Waals surface area contributed by atoms with Crippen molar-refractivity contribution in [3.05, 3.63) is 30.0 Å². The van der Waals surface area contributed by atoms with E-state index in [-0.39, 0.29) is 17.7 Å². The SMILES string of the molecule is O=C1CCC(c2coc3cccc(OCC4CC4)c23)C(=O)N1. The van der Waals surface area contributed by atoms with E-state index < -0.39 is 0 Å². The Kier molecular flexibility index (Phi) is 3.13. The summed E-state index contributed by atoms with van der Waals surface area (Å²) in [7, 11) is 0. The maximum Gasteiger partial charge on any atom is 0.234 e. The molecule has 0 spiro atoms. The summed E-state index contributed by atoms with van der Waals surface area (Å²) in [6.45, 7) is 0.707. The van der Waals surface area contributed by atoms with Crippen LogP contribution in [-0.2, 0) is 9.59 Å². The second-order valence-corrected chi connectivity index (χ2v) is 6.08. The van der Waals surface area contributed by atoms with E-state index in [1.165, 1.54) is 12.8 Å². The molecular formula is C17H17NO4. The van der Waals surface area contributed by atoms with Gasteiger partial charge >= 0.3 is 0 Å². The van der Waals surface area contributed by atoms with Gasteiger partial charge in [-0.2, -0.15) is 0 Å². The number of imide groups is 1. The zero-order chi connectivity index (χ0) is 15.1. The van der Waals surface area contributed by atoms with Gasteiger partial charge in [-0.3, -0.25) is 14.9 Å². The van der Waals surface area contributed by atoms with Crippen LogP contribution in [0.1, 0.15) is 37.2 Å². The number of fused-ring (bicyclic) bond motifs is 1. The van der Waals surface area contributed by atoms with E-state index in [0.29, 0.717) is 30.9 Å². The summed E-state index contributed by atoms with van der Waals surface area (Å²) in [5.74, 6) is 0.596. The Labute approximate surface area is 127 Å². The number of furan rings is 1. The molecule has 1 aromatic heterocycles. The molecule has 1 N–H and O–H groups in total. The lowest BCUT2D eigenvalue weighted by Crippen LogP contribution is -2.39. The first-order valence-corrected chi connectivity index (χ1v) is 7.69. The molecule has 1 atom stereocenters. The van der Waals surface area contributed by atoms with Crippen LogP contribution in [0.4, 0.5) is 0 Å². The molecule has 2 aromatic rings. The monoisotopic (exact) mass is 299 g/mol. The highest BCUT2D eigenvalue weighted by Crippen LogP contribution is 2.38. The molecule has 1 saturated heterocycles. The highest BCUT2D eigenvalue weighted by atomic mass is 16.5. The van der Waals surface area contributed by atoms with E-state index in [0.717, 1.165) is 16.7 Å². The van der Waals surface area contributed by atoms with Gasteiger partial charge in [0, 0.05) is 12.0 Å². The van der Waals surface area contributed by atoms with Crippen LogP contribution in [-0.4, -0.2) is 18.4 Å². The van der Waals surface area contributed by atoms with Crippen LogP contribution in [0.5, 0.6) is 5.75 Å². The summed E-state index contributed by atoms with van der Waals surface area (Å²) in [4.78, 5) is 23.4. The number of hydrogen-bond acceptors (Lipinski definition) is 4. The number of hydrogen-bond donors (Lipinski definition) is 1. The molecule has 22 heavy (non-hydrogen) atoms. The van der Waals surface area contributed by atoms with Gasteiger partial charge in [0.25, 0.3) is 0 Å². The maximum atomic E-state index is 12.1. The summed E-state index contributed by atoms with van der Waals surface area (Å²) in [5, 5.41) is 3.26. The summed E-state index contributed by atoms with van der Waals surface area (Å²) >= 11 is 0. The normalized spacial score (nSPS) is 21.9. The Morgan fingerprint density at radius 2 is 2.09 bits per heavy atom. The van der Waals surface area contributed by atoms with Crippen molar-refractivity contribution in [3.63, 3.8) is 0 Å². The molecule has 0 radical (unpaired) electrons. The fraction of sp³-hybridized carbons (Fsp3) is 0.412. The first kappa shape index (κ1) is 13.4. The van der Waals surface area contributed by atoms with Crippen molar-refractivity contribution in [2.75, 3.05) is 6.61 Å². The molecule has 2 amide bonds. The standard InChI is InChI=1S/C17H17NO4/c19-15-7-6-11(17(20)18-15)12-9-22-14-3-1-2-13(16(12)14)21-8-10-4-5-10/h1-3,9-11H,4-8H2,(H,18,19,20). The van der Waals surface area contributed by atoms with E-state index >= 15 is 0 Å². The molecule has 4 rings (SSSR count). The molecule has 1 saturated carbocycles. The molecular weight excluding hydrogens is 282 g/mol. The van der Waals surface area contributed by atoms with Gasteiger partial charge in [0.1, 0.15) is 11.3 Å². The van der Waals surface area contributed by atoms with E-state index in [1.54, 1.807) is 6.26 Å². The van der Waals surface area contributed by atoms with Crippen LogP contribution < -0.4 is 10.1 Å². The second-order valence-electron chi connectivity index (χ2n) is 6.08. The van der Waals surface area contributed by atoms with Gasteiger partial charge in [-0.15, -0.1) is 0 Å². The van der Waals surface area contributed by atoms with Crippen LogP contribution in [0.3, 0.4) is 0 Å². The topological polar surface area (TPSA) is 68.5 Å². The summed E-state index contributed by atoms with van der Waals surface area (Å²) in [6, 6.07) is 5.67. The molecule has 1 aromatic carbocycles. The zero-order valence-corrected chi connectivity index (χ0v) is 12.1. The summed E-state index contributed by atoms with van der Waals surface area (Å²) in [5.41, 5.74) is 1.53. The fourth-order valence-corrected chi connectivity index (χ4v) is 2.94. The average Bonchev–Trinajstić information content (AvgIpc) is 3.24. The lowest BCUT2D eigenvalue weighted by atomic mass is 9.90. The third-order valence-electron chi connectivity index (χ3n) is 4.38. The number of amides is 2. The lowest BCUT2D eigenvalue weighted by molar-refractivity contribution is -0.134. The van der Waals surface area contributed by atoms with Gasteiger partial charge in [0.2, 0.25) is 11.8 Å². The minimum Gasteiger partial charge on any atom is -0.493 e. The molecule has 1 aliphatic heterocycles. The minimum absolute atomic E-state index is 0.209. The third-order valence-corrected chi connectivity index (χ3v) is 4.38. The van der Waals surface area contributed by atoms with Crippen LogP contribution in [0.15, 0.2) is 28.9 Å². The van der Waals surface area contributed by atoms with E-state index in [2.05, 4.69) is 5.32 Å². The van der Waals surface area contributed by atoms with Crippen LogP contribution in [0.25, 0.3) is 11.0 Å². The number of piperidine rings is 1. The number of carbonyl (C=O) groups excluding carboxylic acids is 2. The molecule has 0 bridgehead atoms. The Morgan fingerprint density at radius 1 is 1.23 bits per heavy atom. The second kappa shape index (κ2) is 5.16. The van der Waals surface area contributed by atoms with Crippen LogP contribution in [0.2, 0.25) is 0 Å². The predicted octanol–water partition coefficient (Wildman–Crippen LogP) is 2.74. The van der Waals surface area contributed by atoms with Crippen molar-refractivity contribution in [1.82, 2.24) is 5.32 Å². The molecule has 114 valence electrons. The van der Waals surface area contributed by atoms with Gasteiger partial charge in [0.15, 0.2) is 0 Å². The number of ether oxygens (including phenoxy) is 1. The van der Waals surface area contributed by atoms with Gasteiger partial charge in [-0.25, -0.2) is 0 Å². The molecule has 5 heteroatoms. The number of benzene rings is 1. The highest BCUT2D eigenvalue weighted by Gasteiger charge is 2.31. The maximum absolute atomic E-state index is 12.1. The number of nitrogens with one attached hydrogen (secondary N) is 1. The minimum atomic E-state index is -0.357. The summed E-state index contributed by atoms with van der Waals surface area (Å²) < 4.78 is 11.5. The Bertz CT molecular complexity index is 744. The van der Waals surface area contributed by atoms with Crippen molar-refractivity contribution < 1.29 is 18.7 Å². The predicted molar refractivity (Wildman–Crippen MR) is 79.6 cm³/mol. The van der Waals surface area contributed by atoms with E-state index in [1.807, 2.05) is 18.2 Å². The quantitative estimate of drug-likeness (QED) is 0.881. The molecule has 1 aliphatic carbocycles. The van der Waals surface area contributed by atoms with E-state index in [4.69, 9.17) is 9.15 Å². The first-order valence-electron chi connectivity index (χ1n) is 7.69. The third kappa shape index (κ3) is 2.36. The Morgan fingerprint density at radius 3 is 2.86 bits per heavy atom. The van der Waals surface area contributed by atoms with Crippen molar-refractivity contribution >= 4 is 22.8 Å². The zero-order valence-electron chi connectivity index (χ0n) is 12.1. The largest absolute Gasteiger partial charge is 0.493 e. The van der Waals surface area contributed by atoms with Gasteiger partial charge in [0.05, 0.1) is 24.2 Å². The lowest BCUT2D eigenvalue weighted by Gasteiger charge is -2.20. The van der Waals surface area contributed by atoms with Gasteiger partial charge in [-0.05, 0) is 37.3 Å². The summed E-state index contributed by atoms with van der Waals surface area (Å²) in [6.07, 6.45) is 4.93. The van der Waals surface area contributed by atoms with E-state index in [9.17, 15) is 9.59 Å².